The maximum atomic E-state index is 13.6. The fourth-order valence-electron chi connectivity index (χ4n) is 7.80. The van der Waals surface area contributed by atoms with E-state index in [-0.39, 0.29) is 77.7 Å². The number of benzene rings is 3. The van der Waals surface area contributed by atoms with Crippen LogP contribution in [0.3, 0.4) is 0 Å². The van der Waals surface area contributed by atoms with Crippen LogP contribution in [0.25, 0.3) is 34.5 Å². The number of aromatic hydroxyl groups is 1. The quantitative estimate of drug-likeness (QED) is 0.0883. The summed E-state index contributed by atoms with van der Waals surface area (Å²) in [7, 11) is 1.31. The van der Waals surface area contributed by atoms with Crippen molar-refractivity contribution in [3.8, 4) is 29.1 Å². The van der Waals surface area contributed by atoms with E-state index in [0.29, 0.717) is 22.3 Å². The van der Waals surface area contributed by atoms with Crippen molar-refractivity contribution < 1.29 is 57.1 Å². The molecule has 3 aromatic carbocycles. The Bertz CT molecular complexity index is 3660. The number of aliphatic carboxylic acids is 1. The molecule has 4 N–H and O–H groups in total. The Morgan fingerprint density at radius 2 is 1.28 bits per heavy atom. The Balaban J connectivity index is 0.000000197. The minimum atomic E-state index is -1.41. The van der Waals surface area contributed by atoms with E-state index < -0.39 is 74.6 Å². The van der Waals surface area contributed by atoms with Crippen molar-refractivity contribution in [2.24, 2.45) is 5.41 Å². The zero-order valence-corrected chi connectivity index (χ0v) is 39.8. The third-order valence-electron chi connectivity index (χ3n) is 11.5. The average Bonchev–Trinajstić information content (AvgIpc) is 3.40. The number of rotatable bonds is 14. The molecule has 2 aliphatic rings. The molecule has 0 atom stereocenters. The lowest BCUT2D eigenvalue weighted by molar-refractivity contribution is -0.135. The number of ether oxygens (including phenoxy) is 4. The van der Waals surface area contributed by atoms with Crippen LogP contribution in [0.4, 0.5) is 8.78 Å². The first-order chi connectivity index (χ1) is 35.4. The highest BCUT2D eigenvalue weighted by atomic mass is 19.1. The van der Waals surface area contributed by atoms with Crippen LogP contribution in [-0.4, -0.2) is 73.3 Å². The van der Waals surface area contributed by atoms with Crippen molar-refractivity contribution in [3.63, 3.8) is 0 Å². The van der Waals surface area contributed by atoms with E-state index >= 15 is 0 Å². The van der Waals surface area contributed by atoms with E-state index in [4.69, 9.17) is 18.9 Å². The molecule has 376 valence electrons. The van der Waals surface area contributed by atoms with Gasteiger partial charge in [0, 0.05) is 50.0 Å². The first-order valence-corrected chi connectivity index (χ1v) is 22.6. The second kappa shape index (κ2) is 20.9. The maximum absolute atomic E-state index is 13.6. The van der Waals surface area contributed by atoms with Gasteiger partial charge in [0.2, 0.25) is 11.5 Å². The number of amides is 2. The molecule has 0 radical (unpaired) electrons. The van der Waals surface area contributed by atoms with E-state index in [1.165, 1.54) is 43.7 Å². The SMILES string of the molecule is CCOC(=O)c1c(OCc2ccccc2)c2ncc(Cc3ccc(F)cc3)c3c2n(c1=O)C=C(C(=O)O)O3.CNC(=O)c1c(O)c2ncc(Cc3ccc(F)cc3)c3c2n(c1=O)C=C(C(=O)NCC(C)(C)C#N)O3. The van der Waals surface area contributed by atoms with Crippen molar-refractivity contribution in [2.45, 2.75) is 40.2 Å². The minimum Gasteiger partial charge on any atom is -0.505 e. The van der Waals surface area contributed by atoms with Crippen molar-refractivity contribution in [3.05, 3.63) is 174 Å². The third-order valence-corrected chi connectivity index (χ3v) is 11.5. The lowest BCUT2D eigenvalue weighted by atomic mass is 9.96. The fraction of sp³-hybridized carbons (Fsp3) is 0.189. The summed E-state index contributed by atoms with van der Waals surface area (Å²) in [5.41, 5.74) is -0.211. The van der Waals surface area contributed by atoms with E-state index in [1.54, 1.807) is 45.0 Å². The number of aromatic nitrogens is 4. The van der Waals surface area contributed by atoms with Gasteiger partial charge in [0.15, 0.2) is 28.6 Å². The molecule has 21 heteroatoms. The van der Waals surface area contributed by atoms with Crippen LogP contribution in [0.1, 0.15) is 69.3 Å². The zero-order valence-electron chi connectivity index (χ0n) is 39.8. The number of carbonyl (C=O) groups excluding carboxylic acids is 3. The van der Waals surface area contributed by atoms with E-state index in [9.17, 15) is 53.0 Å². The molecule has 74 heavy (non-hydrogen) atoms. The zero-order chi connectivity index (χ0) is 53.0. The van der Waals surface area contributed by atoms with Gasteiger partial charge in [0.1, 0.15) is 45.9 Å². The summed E-state index contributed by atoms with van der Waals surface area (Å²) >= 11 is 0. The molecule has 0 aliphatic carbocycles. The molecule has 0 saturated carbocycles. The van der Waals surface area contributed by atoms with Gasteiger partial charge in [0.25, 0.3) is 22.9 Å². The average molecular weight is 1010 g/mol. The van der Waals surface area contributed by atoms with Crippen LogP contribution in [0.15, 0.2) is 112 Å². The number of nitriles is 1. The van der Waals surface area contributed by atoms with Crippen molar-refractivity contribution >= 4 is 58.2 Å². The van der Waals surface area contributed by atoms with Gasteiger partial charge < -0.3 is 39.8 Å². The van der Waals surface area contributed by atoms with Crippen molar-refractivity contribution in [1.82, 2.24) is 29.7 Å². The molecule has 2 amide bonds. The topological polar surface area (TPSA) is 263 Å². The largest absolute Gasteiger partial charge is 0.505 e. The van der Waals surface area contributed by atoms with Crippen molar-refractivity contribution in [1.29, 1.82) is 5.26 Å². The summed E-state index contributed by atoms with van der Waals surface area (Å²) in [5.74, 6) is -6.05. The third kappa shape index (κ3) is 10.2. The number of esters is 1. The summed E-state index contributed by atoms with van der Waals surface area (Å²) in [6, 6.07) is 22.7. The molecule has 0 bridgehead atoms. The summed E-state index contributed by atoms with van der Waals surface area (Å²) in [6.07, 6.45) is 5.36. The van der Waals surface area contributed by atoms with Crippen LogP contribution in [0.2, 0.25) is 0 Å². The molecule has 9 rings (SSSR count). The van der Waals surface area contributed by atoms with Gasteiger partial charge in [-0.1, -0.05) is 54.6 Å². The predicted molar refractivity (Wildman–Crippen MR) is 262 cm³/mol. The van der Waals surface area contributed by atoms with Gasteiger partial charge in [-0.2, -0.15) is 5.26 Å². The van der Waals surface area contributed by atoms with Gasteiger partial charge in [-0.15, -0.1) is 0 Å². The van der Waals surface area contributed by atoms with Gasteiger partial charge in [0.05, 0.1) is 30.5 Å². The van der Waals surface area contributed by atoms with Crippen LogP contribution in [-0.2, 0) is 33.8 Å². The number of hydrogen-bond acceptors (Lipinski definition) is 14. The molecule has 6 heterocycles. The predicted octanol–water partition coefficient (Wildman–Crippen LogP) is 6.21. The monoisotopic (exact) mass is 1010 g/mol. The Morgan fingerprint density at radius 3 is 1.82 bits per heavy atom. The number of hydrogen-bond donors (Lipinski definition) is 4. The molecule has 0 spiro atoms. The smallest absolute Gasteiger partial charge is 0.373 e. The minimum absolute atomic E-state index is 0.00302. The number of pyridine rings is 4. The highest BCUT2D eigenvalue weighted by molar-refractivity contribution is 6.05. The fourth-order valence-corrected chi connectivity index (χ4v) is 7.80. The standard InChI is InChI=1S/C28H21FN2O7.C25H22FN5O5/c1-2-36-28(35)21-25(37-15-17-6-4-3-5-7-17)22-23-24(38-20(27(33)34)14-31(23)26(21)32)18(13-30-22)12-16-8-10-19(29)11-9-16;1-25(2,11-27)12-30-22(33)16-10-31-19-18(20(32)17(24(31)35)23(34)28-3)29-9-14(21(19)36-16)8-13-4-6-15(26)7-5-13/h3-11,13-14H,2,12,15H2,1H3,(H,33,34);4-7,9-10,32H,8,12H2,1-3H3,(H,28,34)(H,30,33). The molecule has 7 aromatic rings. The number of carboxylic acid groups (broad SMARTS) is 1. The summed E-state index contributed by atoms with van der Waals surface area (Å²) in [4.78, 5) is 85.7. The van der Waals surface area contributed by atoms with Crippen LogP contribution in [0.5, 0.6) is 23.0 Å². The molecule has 19 nitrogen and oxygen atoms in total. The Morgan fingerprint density at radius 1 is 0.757 bits per heavy atom. The number of nitrogens with zero attached hydrogens (tertiary/aromatic N) is 5. The lowest BCUT2D eigenvalue weighted by Gasteiger charge is -2.23. The molecule has 0 saturated heterocycles. The highest BCUT2D eigenvalue weighted by Crippen LogP contribution is 2.40. The normalized spacial score (nSPS) is 12.2. The summed E-state index contributed by atoms with van der Waals surface area (Å²) < 4.78 is 51.6. The highest BCUT2D eigenvalue weighted by Gasteiger charge is 2.34. The Labute approximate surface area is 418 Å². The molecular formula is C53H43F2N7O12. The first kappa shape index (κ1) is 50.7. The number of carboxylic acids is 1. The van der Waals surface area contributed by atoms with Crippen LogP contribution < -0.4 is 36.0 Å². The molecular weight excluding hydrogens is 965 g/mol. The second-order valence-electron chi connectivity index (χ2n) is 17.3. The van der Waals surface area contributed by atoms with E-state index in [1.807, 2.05) is 30.3 Å². The van der Waals surface area contributed by atoms with E-state index in [0.717, 1.165) is 27.1 Å². The van der Waals surface area contributed by atoms with Gasteiger partial charge in [-0.25, -0.2) is 18.4 Å². The van der Waals surface area contributed by atoms with Gasteiger partial charge in [-0.3, -0.25) is 38.3 Å². The number of carbonyl (C=O) groups is 4. The molecule has 0 unspecified atom stereocenters. The van der Waals surface area contributed by atoms with E-state index in [2.05, 4.69) is 26.7 Å². The Hall–Kier alpha value is -9.71. The molecule has 2 aliphatic heterocycles. The van der Waals surface area contributed by atoms with Crippen LogP contribution in [0, 0.1) is 28.4 Å². The second-order valence-corrected chi connectivity index (χ2v) is 17.3. The van der Waals surface area contributed by atoms with Crippen LogP contribution >= 0.6 is 0 Å². The molecule has 0 fully saturated rings. The maximum Gasteiger partial charge on any atom is 0.373 e. The number of nitrogens with one attached hydrogen (secondary N) is 2. The number of halogens is 2. The Kier molecular flexibility index (Phi) is 14.3. The summed E-state index contributed by atoms with van der Waals surface area (Å²) in [6.45, 7) is 4.93. The lowest BCUT2D eigenvalue weighted by Crippen LogP contribution is -2.37. The van der Waals surface area contributed by atoms with Crippen molar-refractivity contribution in [2.75, 3.05) is 20.2 Å². The first-order valence-electron chi connectivity index (χ1n) is 22.6. The van der Waals surface area contributed by atoms with Gasteiger partial charge >= 0.3 is 11.9 Å². The van der Waals surface area contributed by atoms with Gasteiger partial charge in [-0.05, 0) is 61.7 Å². The summed E-state index contributed by atoms with van der Waals surface area (Å²) in [5, 5.41) is 34.5. The molecule has 4 aromatic heterocycles.